The Morgan fingerprint density at radius 1 is 1.12 bits per heavy atom. The molecule has 0 bridgehead atoms. The van der Waals surface area contributed by atoms with Crippen molar-refractivity contribution in [3.63, 3.8) is 0 Å². The average Bonchev–Trinajstić information content (AvgIpc) is 3.45. The van der Waals surface area contributed by atoms with Gasteiger partial charge in [-0.15, -0.1) is 11.3 Å². The van der Waals surface area contributed by atoms with E-state index in [1.54, 1.807) is 18.3 Å². The van der Waals surface area contributed by atoms with Crippen molar-refractivity contribution in [3.8, 4) is 11.5 Å². The van der Waals surface area contributed by atoms with Crippen molar-refractivity contribution in [3.05, 3.63) is 69.8 Å². The third kappa shape index (κ3) is 6.51. The second kappa shape index (κ2) is 13.4. The molecule has 3 heterocycles. The highest BCUT2D eigenvalue weighted by molar-refractivity contribution is 7.18. The molecule has 1 fully saturated rings. The number of anilines is 4. The molecular weight excluding hydrogens is 611 g/mol. The smallest absolute Gasteiger partial charge is 0.247 e. The summed E-state index contributed by atoms with van der Waals surface area (Å²) in [7, 11) is 2.94. The Balaban J connectivity index is 1.43. The first-order valence-electron chi connectivity index (χ1n) is 13.6. The van der Waals surface area contributed by atoms with Gasteiger partial charge in [-0.25, -0.2) is 9.97 Å². The molecule has 13 heteroatoms. The maximum absolute atomic E-state index is 12.3. The number of aliphatic hydroxyl groups excluding tert-OH is 1. The maximum atomic E-state index is 12.3. The van der Waals surface area contributed by atoms with Crippen molar-refractivity contribution in [2.24, 2.45) is 0 Å². The second-order valence-corrected chi connectivity index (χ2v) is 11.6. The SMILES string of the molecule is C=CC(=O)Nc1cc(N2CCN(CC)CC2)ccc1Nc1cc2nc(C(O)c3c(Cl)c(OC)cc(OC)c3Cl)sc2cn1. The third-order valence-electron chi connectivity index (χ3n) is 7.30. The number of methoxy groups -OCH3 is 2. The number of benzene rings is 2. The fraction of sp³-hybridized carbons (Fsp3) is 0.300. The summed E-state index contributed by atoms with van der Waals surface area (Å²) in [6, 6.07) is 9.24. The Labute approximate surface area is 263 Å². The van der Waals surface area contributed by atoms with Crippen LogP contribution < -0.4 is 25.0 Å². The van der Waals surface area contributed by atoms with Crippen LogP contribution >= 0.6 is 34.5 Å². The number of piperazine rings is 1. The van der Waals surface area contributed by atoms with Gasteiger partial charge in [0.05, 0.1) is 45.9 Å². The lowest BCUT2D eigenvalue weighted by molar-refractivity contribution is -0.111. The number of halogens is 2. The minimum absolute atomic E-state index is 0.172. The quantitative estimate of drug-likeness (QED) is 0.176. The van der Waals surface area contributed by atoms with Gasteiger partial charge in [-0.2, -0.15) is 0 Å². The fourth-order valence-corrected chi connectivity index (χ4v) is 6.51. The van der Waals surface area contributed by atoms with E-state index in [-0.39, 0.29) is 21.5 Å². The molecule has 0 saturated carbocycles. The van der Waals surface area contributed by atoms with Gasteiger partial charge < -0.3 is 35.0 Å². The zero-order valence-corrected chi connectivity index (χ0v) is 26.3. The van der Waals surface area contributed by atoms with Crippen LogP contribution in [0.3, 0.4) is 0 Å². The van der Waals surface area contributed by atoms with Crippen LogP contribution in [-0.4, -0.2) is 72.8 Å². The number of aliphatic hydroxyl groups is 1. The summed E-state index contributed by atoms with van der Waals surface area (Å²) in [5.41, 5.74) is 3.14. The summed E-state index contributed by atoms with van der Waals surface area (Å²) in [5, 5.41) is 18.2. The molecule has 226 valence electrons. The molecule has 5 rings (SSSR count). The number of hydrogen-bond acceptors (Lipinski definition) is 10. The van der Waals surface area contributed by atoms with E-state index >= 15 is 0 Å². The molecule has 1 atom stereocenters. The van der Waals surface area contributed by atoms with E-state index < -0.39 is 6.10 Å². The fourth-order valence-electron chi connectivity index (χ4n) is 4.89. The summed E-state index contributed by atoms with van der Waals surface area (Å²) < 4.78 is 11.4. The Kier molecular flexibility index (Phi) is 9.58. The molecule has 0 radical (unpaired) electrons. The van der Waals surface area contributed by atoms with Crippen LogP contribution in [0.2, 0.25) is 10.0 Å². The number of ether oxygens (including phenoxy) is 2. The molecule has 1 aliphatic rings. The number of pyridine rings is 1. The molecule has 3 N–H and O–H groups in total. The van der Waals surface area contributed by atoms with Gasteiger partial charge >= 0.3 is 0 Å². The number of amides is 1. The first-order chi connectivity index (χ1) is 20.8. The van der Waals surface area contributed by atoms with Gasteiger partial charge in [0.2, 0.25) is 5.91 Å². The molecular formula is C30H32Cl2N6O4S. The van der Waals surface area contributed by atoms with E-state index in [4.69, 9.17) is 32.7 Å². The minimum Gasteiger partial charge on any atom is -0.495 e. The highest BCUT2D eigenvalue weighted by atomic mass is 35.5. The monoisotopic (exact) mass is 642 g/mol. The van der Waals surface area contributed by atoms with Crippen molar-refractivity contribution in [2.45, 2.75) is 13.0 Å². The van der Waals surface area contributed by atoms with E-state index in [2.05, 4.69) is 43.9 Å². The molecule has 43 heavy (non-hydrogen) atoms. The van der Waals surface area contributed by atoms with Gasteiger partial charge in [-0.05, 0) is 30.8 Å². The van der Waals surface area contributed by atoms with E-state index in [1.807, 2.05) is 18.2 Å². The van der Waals surface area contributed by atoms with E-state index in [0.29, 0.717) is 39.2 Å². The van der Waals surface area contributed by atoms with Crippen LogP contribution in [0.15, 0.2) is 49.2 Å². The molecule has 4 aromatic rings. The van der Waals surface area contributed by atoms with Crippen LogP contribution in [0.4, 0.5) is 22.9 Å². The van der Waals surface area contributed by atoms with Crippen LogP contribution in [0.25, 0.3) is 10.2 Å². The lowest BCUT2D eigenvalue weighted by atomic mass is 10.1. The molecule has 1 amide bonds. The number of carbonyl (C=O) groups excluding carboxylic acids is 1. The van der Waals surface area contributed by atoms with Gasteiger partial charge in [0.1, 0.15) is 28.4 Å². The molecule has 1 aliphatic heterocycles. The van der Waals surface area contributed by atoms with Gasteiger partial charge in [0, 0.05) is 55.8 Å². The van der Waals surface area contributed by atoms with Crippen molar-refractivity contribution >= 4 is 73.5 Å². The molecule has 1 unspecified atom stereocenters. The van der Waals surface area contributed by atoms with E-state index in [1.165, 1.54) is 31.6 Å². The highest BCUT2D eigenvalue weighted by Crippen LogP contribution is 2.46. The summed E-state index contributed by atoms with van der Waals surface area (Å²) in [5.74, 6) is 0.833. The van der Waals surface area contributed by atoms with E-state index in [0.717, 1.165) is 43.1 Å². The number of fused-ring (bicyclic) bond motifs is 1. The number of likely N-dealkylation sites (N-methyl/N-ethyl adjacent to an activating group) is 1. The summed E-state index contributed by atoms with van der Waals surface area (Å²) >= 11 is 14.3. The second-order valence-electron chi connectivity index (χ2n) is 9.78. The first kappa shape index (κ1) is 30.8. The Bertz CT molecular complexity index is 1630. The number of nitrogens with zero attached hydrogens (tertiary/aromatic N) is 4. The summed E-state index contributed by atoms with van der Waals surface area (Å²) in [6.45, 7) is 10.6. The van der Waals surface area contributed by atoms with Crippen LogP contribution in [0.1, 0.15) is 23.6 Å². The van der Waals surface area contributed by atoms with Crippen molar-refractivity contribution < 1.29 is 19.4 Å². The number of hydrogen-bond donors (Lipinski definition) is 3. The first-order valence-corrected chi connectivity index (χ1v) is 15.2. The van der Waals surface area contributed by atoms with E-state index in [9.17, 15) is 9.90 Å². The molecule has 1 saturated heterocycles. The van der Waals surface area contributed by atoms with Gasteiger partial charge in [0.15, 0.2) is 0 Å². The van der Waals surface area contributed by atoms with Gasteiger partial charge in [-0.3, -0.25) is 4.79 Å². The Hall–Kier alpha value is -3.61. The number of nitrogens with one attached hydrogen (secondary N) is 2. The average molecular weight is 644 g/mol. The van der Waals surface area contributed by atoms with Crippen molar-refractivity contribution in [1.29, 1.82) is 0 Å². The molecule has 0 aliphatic carbocycles. The zero-order valence-electron chi connectivity index (χ0n) is 24.0. The normalized spacial score (nSPS) is 14.4. The topological polar surface area (TPSA) is 112 Å². The molecule has 10 nitrogen and oxygen atoms in total. The summed E-state index contributed by atoms with van der Waals surface area (Å²) in [4.78, 5) is 26.2. The maximum Gasteiger partial charge on any atom is 0.247 e. The summed E-state index contributed by atoms with van der Waals surface area (Å²) in [6.07, 6.45) is 1.68. The number of carbonyl (C=O) groups is 1. The molecule has 2 aromatic heterocycles. The minimum atomic E-state index is -1.23. The number of rotatable bonds is 10. The molecule has 2 aromatic carbocycles. The predicted molar refractivity (Wildman–Crippen MR) is 174 cm³/mol. The molecule has 0 spiro atoms. The van der Waals surface area contributed by atoms with Crippen molar-refractivity contribution in [1.82, 2.24) is 14.9 Å². The van der Waals surface area contributed by atoms with Crippen LogP contribution in [0, 0.1) is 0 Å². The largest absolute Gasteiger partial charge is 0.495 e. The number of thiazole rings is 1. The van der Waals surface area contributed by atoms with Crippen molar-refractivity contribution in [2.75, 3.05) is 62.5 Å². The highest BCUT2D eigenvalue weighted by Gasteiger charge is 2.27. The predicted octanol–water partition coefficient (Wildman–Crippen LogP) is 6.11. The third-order valence-corrected chi connectivity index (χ3v) is 9.14. The standard InChI is InChI=1S/C30H32Cl2N6O4S/c1-5-25(39)35-19-13-17(38-11-9-37(6-2)10-12-38)7-8-18(19)34-24-14-20-23(16-33-24)43-30(36-20)29(40)26-27(31)21(41-3)15-22(42-4)28(26)32/h5,7-8,13-16,29,40H,1,6,9-12H2,2-4H3,(H,33,34)(H,35,39). The van der Waals surface area contributed by atoms with Gasteiger partial charge in [-0.1, -0.05) is 36.7 Å². The lowest BCUT2D eigenvalue weighted by Crippen LogP contribution is -2.46. The Morgan fingerprint density at radius 2 is 1.81 bits per heavy atom. The number of aromatic nitrogens is 2. The Morgan fingerprint density at radius 3 is 2.44 bits per heavy atom. The van der Waals surface area contributed by atoms with Crippen LogP contribution in [0.5, 0.6) is 11.5 Å². The van der Waals surface area contributed by atoms with Crippen LogP contribution in [-0.2, 0) is 4.79 Å². The zero-order chi connectivity index (χ0) is 30.7. The van der Waals surface area contributed by atoms with Gasteiger partial charge in [0.25, 0.3) is 0 Å². The lowest BCUT2D eigenvalue weighted by Gasteiger charge is -2.35.